The van der Waals surface area contributed by atoms with Crippen molar-refractivity contribution in [3.8, 4) is 0 Å². The van der Waals surface area contributed by atoms with E-state index in [9.17, 15) is 4.79 Å². The predicted molar refractivity (Wildman–Crippen MR) is 37.0 cm³/mol. The fourth-order valence-electron chi connectivity index (χ4n) is 1.01. The van der Waals surface area contributed by atoms with Crippen LogP contribution in [-0.2, 0) is 9.53 Å². The summed E-state index contributed by atoms with van der Waals surface area (Å²) in [4.78, 5) is 10.6. The van der Waals surface area contributed by atoms with Crippen molar-refractivity contribution >= 4 is 5.78 Å². The monoisotopic (exact) mass is 160 g/mol. The van der Waals surface area contributed by atoms with Gasteiger partial charge in [-0.05, 0) is 13.8 Å². The Kier molecular flexibility index (Phi) is 2.27. The molecule has 1 heterocycles. The molecule has 0 aromatic carbocycles. The first-order valence-electron chi connectivity index (χ1n) is 3.56. The van der Waals surface area contributed by atoms with Gasteiger partial charge in [-0.15, -0.1) is 0 Å². The highest BCUT2D eigenvalue weighted by Crippen LogP contribution is 2.28. The van der Waals surface area contributed by atoms with Crippen molar-refractivity contribution in [3.63, 3.8) is 0 Å². The van der Waals surface area contributed by atoms with E-state index >= 15 is 0 Å². The lowest BCUT2D eigenvalue weighted by Gasteiger charge is -2.01. The zero-order valence-electron chi connectivity index (χ0n) is 6.52. The number of Topliss-reactive ketones (excluding diaryl/α,β-unsaturated/α-hetero) is 1. The molecule has 1 fully saturated rings. The molecule has 4 heteroatoms. The van der Waals surface area contributed by atoms with E-state index in [4.69, 9.17) is 14.9 Å². The molecule has 1 aliphatic rings. The highest BCUT2D eigenvalue weighted by Gasteiger charge is 2.48. The molecule has 0 saturated carbocycles. The molecular weight excluding hydrogens is 148 g/mol. The molecule has 4 nitrogen and oxygen atoms in total. The topological polar surface area (TPSA) is 70.1 Å². The lowest BCUT2D eigenvalue weighted by atomic mass is 10.1. The van der Waals surface area contributed by atoms with Gasteiger partial charge in [0, 0.05) is 0 Å². The molecule has 0 radical (unpaired) electrons. The molecule has 2 N–H and O–H groups in total. The number of hydrogen-bond acceptors (Lipinski definition) is 4. The molecule has 0 amide bonds. The van der Waals surface area contributed by atoms with Crippen LogP contribution in [0.15, 0.2) is 0 Å². The van der Waals surface area contributed by atoms with Crippen molar-refractivity contribution in [3.05, 3.63) is 0 Å². The molecule has 0 spiro atoms. The number of ether oxygens (including phenoxy) is 1. The number of epoxide rings is 1. The van der Waals surface area contributed by atoms with Gasteiger partial charge in [-0.1, -0.05) is 0 Å². The second-order valence-electron chi connectivity index (χ2n) is 2.86. The summed E-state index contributed by atoms with van der Waals surface area (Å²) in [5.74, 6) is -0.321. The van der Waals surface area contributed by atoms with E-state index in [0.29, 0.717) is 0 Å². The number of aliphatic hydroxyl groups is 2. The van der Waals surface area contributed by atoms with Crippen LogP contribution in [0.2, 0.25) is 0 Å². The molecule has 0 aromatic rings. The number of carbonyl (C=O) groups excluding carboxylic acids is 1. The second kappa shape index (κ2) is 2.89. The third kappa shape index (κ3) is 1.77. The Morgan fingerprint density at radius 1 is 1.45 bits per heavy atom. The average molecular weight is 160 g/mol. The van der Waals surface area contributed by atoms with E-state index in [1.165, 1.54) is 6.92 Å². The van der Waals surface area contributed by atoms with Crippen LogP contribution >= 0.6 is 0 Å². The Morgan fingerprint density at radius 2 is 2.00 bits per heavy atom. The molecule has 11 heavy (non-hydrogen) atoms. The lowest BCUT2D eigenvalue weighted by molar-refractivity contribution is -0.125. The minimum Gasteiger partial charge on any atom is -0.391 e. The maximum absolute atomic E-state index is 10.6. The molecule has 1 saturated heterocycles. The standard InChI is InChI=1S/C7H12O4/c1-3(8)5(10)7-6(11-7)4(2)9/h4-7,9-10H,1-2H3/t4-,5?,6-,7?/m1/s1. The van der Waals surface area contributed by atoms with Crippen molar-refractivity contribution in [2.75, 3.05) is 0 Å². The Labute approximate surface area is 64.8 Å². The van der Waals surface area contributed by atoms with Crippen molar-refractivity contribution in [1.29, 1.82) is 0 Å². The largest absolute Gasteiger partial charge is 0.391 e. The van der Waals surface area contributed by atoms with E-state index in [-0.39, 0.29) is 11.9 Å². The van der Waals surface area contributed by atoms with E-state index in [2.05, 4.69) is 0 Å². The smallest absolute Gasteiger partial charge is 0.160 e. The van der Waals surface area contributed by atoms with Crippen molar-refractivity contribution in [2.45, 2.75) is 38.3 Å². The summed E-state index contributed by atoms with van der Waals surface area (Å²) in [6.45, 7) is 2.86. The van der Waals surface area contributed by atoms with E-state index < -0.39 is 18.3 Å². The van der Waals surface area contributed by atoms with Gasteiger partial charge in [0.15, 0.2) is 5.78 Å². The number of rotatable bonds is 3. The Balaban J connectivity index is 2.37. The first-order valence-corrected chi connectivity index (χ1v) is 3.56. The van der Waals surface area contributed by atoms with Gasteiger partial charge in [0.05, 0.1) is 6.10 Å². The average Bonchev–Trinajstić information content (AvgIpc) is 2.63. The van der Waals surface area contributed by atoms with Gasteiger partial charge in [0.25, 0.3) is 0 Å². The van der Waals surface area contributed by atoms with E-state index in [1.54, 1.807) is 6.92 Å². The number of carbonyl (C=O) groups is 1. The second-order valence-corrected chi connectivity index (χ2v) is 2.86. The quantitative estimate of drug-likeness (QED) is 0.524. The molecule has 4 atom stereocenters. The van der Waals surface area contributed by atoms with Crippen molar-refractivity contribution in [2.24, 2.45) is 0 Å². The minimum absolute atomic E-state index is 0.321. The summed E-state index contributed by atoms with van der Waals surface area (Å²) < 4.78 is 4.88. The van der Waals surface area contributed by atoms with Crippen LogP contribution in [0.25, 0.3) is 0 Å². The lowest BCUT2D eigenvalue weighted by Crippen LogP contribution is -2.27. The Morgan fingerprint density at radius 3 is 2.27 bits per heavy atom. The van der Waals surface area contributed by atoms with Gasteiger partial charge >= 0.3 is 0 Å². The first kappa shape index (κ1) is 8.64. The third-order valence-electron chi connectivity index (χ3n) is 1.76. The van der Waals surface area contributed by atoms with Crippen LogP contribution < -0.4 is 0 Å². The summed E-state index contributed by atoms with van der Waals surface area (Å²) >= 11 is 0. The maximum atomic E-state index is 10.6. The number of hydrogen-bond donors (Lipinski definition) is 2. The van der Waals surface area contributed by atoms with Crippen molar-refractivity contribution in [1.82, 2.24) is 0 Å². The SMILES string of the molecule is CC(=O)C(O)C1O[C@@H]1[C@@H](C)O. The number of aliphatic hydroxyl groups excluding tert-OH is 2. The molecule has 64 valence electrons. The summed E-state index contributed by atoms with van der Waals surface area (Å²) in [5, 5.41) is 18.0. The molecule has 0 aliphatic carbocycles. The summed E-state index contributed by atoms with van der Waals surface area (Å²) in [5.41, 5.74) is 0. The Hall–Kier alpha value is -0.450. The van der Waals surface area contributed by atoms with Gasteiger partial charge in [0.2, 0.25) is 0 Å². The highest BCUT2D eigenvalue weighted by molar-refractivity contribution is 5.81. The fraction of sp³-hybridized carbons (Fsp3) is 0.857. The van der Waals surface area contributed by atoms with Crippen LogP contribution in [0.1, 0.15) is 13.8 Å². The van der Waals surface area contributed by atoms with Gasteiger partial charge in [-0.2, -0.15) is 0 Å². The van der Waals surface area contributed by atoms with E-state index in [1.807, 2.05) is 0 Å². The van der Waals surface area contributed by atoms with Crippen molar-refractivity contribution < 1.29 is 19.7 Å². The molecule has 0 bridgehead atoms. The highest BCUT2D eigenvalue weighted by atomic mass is 16.6. The van der Waals surface area contributed by atoms with Crippen LogP contribution in [0.4, 0.5) is 0 Å². The Bertz CT molecular complexity index is 166. The van der Waals surface area contributed by atoms with Crippen LogP contribution in [0.3, 0.4) is 0 Å². The molecule has 0 aromatic heterocycles. The fourth-order valence-corrected chi connectivity index (χ4v) is 1.01. The molecule has 2 unspecified atom stereocenters. The maximum Gasteiger partial charge on any atom is 0.160 e. The molecule has 1 aliphatic heterocycles. The zero-order valence-corrected chi connectivity index (χ0v) is 6.52. The predicted octanol–water partition coefficient (Wildman–Crippen LogP) is -0.916. The molecule has 1 rings (SSSR count). The summed E-state index contributed by atoms with van der Waals surface area (Å²) in [6.07, 6.45) is -2.55. The van der Waals surface area contributed by atoms with Gasteiger partial charge in [0.1, 0.15) is 18.3 Å². The molecular formula is C7H12O4. The van der Waals surface area contributed by atoms with Crippen LogP contribution in [0, 0.1) is 0 Å². The van der Waals surface area contributed by atoms with Gasteiger partial charge < -0.3 is 14.9 Å². The van der Waals surface area contributed by atoms with Crippen LogP contribution in [0.5, 0.6) is 0 Å². The zero-order chi connectivity index (χ0) is 8.59. The van der Waals surface area contributed by atoms with E-state index in [0.717, 1.165) is 0 Å². The first-order chi connectivity index (χ1) is 5.04. The summed E-state index contributed by atoms with van der Waals surface area (Å²) in [7, 11) is 0. The van der Waals surface area contributed by atoms with Gasteiger partial charge in [-0.3, -0.25) is 4.79 Å². The van der Waals surface area contributed by atoms with Crippen LogP contribution in [-0.4, -0.2) is 40.4 Å². The normalized spacial score (nSPS) is 34.5. The van der Waals surface area contributed by atoms with Gasteiger partial charge in [-0.25, -0.2) is 0 Å². The minimum atomic E-state index is -1.07. The summed E-state index contributed by atoms with van der Waals surface area (Å²) in [6, 6.07) is 0. The number of ketones is 1. The third-order valence-corrected chi connectivity index (χ3v) is 1.76.